The molecule has 0 saturated heterocycles. The molecule has 10 aromatic rings. The minimum Gasteiger partial charge on any atom is -0.510 e. The normalized spacial score (nSPS) is 15.1. The molecule has 1 atom stereocenters. The number of hydrogen-bond acceptors (Lipinski definition) is 3. The van der Waals surface area contributed by atoms with E-state index >= 15 is 0 Å². The summed E-state index contributed by atoms with van der Waals surface area (Å²) in [5.41, 5.74) is 13.0. The van der Waals surface area contributed by atoms with Gasteiger partial charge < -0.3 is 18.4 Å². The fourth-order valence-electron chi connectivity index (χ4n) is 9.73. The monoisotopic (exact) mass is 985 g/mol. The maximum absolute atomic E-state index is 6.82. The molecule has 12 rings (SSSR count). The zero-order valence-electron chi connectivity index (χ0n) is 33.9. The van der Waals surface area contributed by atoms with Gasteiger partial charge in [-0.1, -0.05) is 141 Å². The van der Waals surface area contributed by atoms with Gasteiger partial charge in [-0.05, 0) is 74.5 Å². The number of rotatable bonds is 4. The van der Waals surface area contributed by atoms with Crippen molar-refractivity contribution in [2.24, 2.45) is 7.05 Å². The van der Waals surface area contributed by atoms with Crippen LogP contribution < -0.4 is 9.30 Å². The van der Waals surface area contributed by atoms with Crippen molar-refractivity contribution in [2.75, 3.05) is 0 Å². The maximum Gasteiger partial charge on any atom is 0.242 e. The van der Waals surface area contributed by atoms with Crippen LogP contribution >= 0.6 is 11.8 Å². The first-order chi connectivity index (χ1) is 29.3. The first-order valence-electron chi connectivity index (χ1n) is 20.4. The van der Waals surface area contributed by atoms with E-state index in [2.05, 4.69) is 187 Å². The molecule has 0 N–H and O–H groups in total. The molecule has 2 aliphatic rings. The largest absolute Gasteiger partial charge is 0.510 e. The third-order valence-corrected chi connectivity index (χ3v) is 13.5. The number of fused-ring (bicyclic) bond motifs is 11. The molecule has 1 unspecified atom stereocenters. The molecule has 7 aromatic carbocycles. The zero-order valence-corrected chi connectivity index (χ0v) is 37.0. The van der Waals surface area contributed by atoms with Crippen molar-refractivity contribution < 1.29 is 30.4 Å². The van der Waals surface area contributed by atoms with Crippen LogP contribution in [0.4, 0.5) is 0 Å². The Labute approximate surface area is 373 Å². The second kappa shape index (κ2) is 13.9. The Hall–Kier alpha value is -6.20. The van der Waals surface area contributed by atoms with Gasteiger partial charge in [-0.25, -0.2) is 4.98 Å². The second-order valence-corrected chi connectivity index (χ2v) is 17.9. The number of pyridine rings is 1. The fourth-order valence-corrected chi connectivity index (χ4v) is 10.9. The average molecular weight is 986 g/mol. The first-order valence-corrected chi connectivity index (χ1v) is 21.2. The molecular formula is C54H38N4OPtS-2. The average Bonchev–Trinajstić information content (AvgIpc) is 3.79. The maximum atomic E-state index is 6.82. The third kappa shape index (κ3) is 5.51. The van der Waals surface area contributed by atoms with Crippen molar-refractivity contribution >= 4 is 44.6 Å². The van der Waals surface area contributed by atoms with Crippen molar-refractivity contribution in [3.8, 4) is 34.1 Å². The Morgan fingerprint density at radius 3 is 2.31 bits per heavy atom. The standard InChI is InChI=1S/C54H38N4OS.Pt/c1-53(2,3)35-23-28-48-43(30-35)54(51-38(17-12-21-49(51)60-48)34-14-6-5-7-15-34)41-27-25-37(32-47(41)57-33-56(4)45-20-13-18-42(54)52(45)57)59-36-24-26-40-39-16-8-9-19-44(39)58(46(40)31-36)50-22-10-11-29-55-50;/h5-30H,1-4H3;/q-2;. The van der Waals surface area contributed by atoms with Gasteiger partial charge in [0.2, 0.25) is 6.33 Å². The number of hydrogen-bond donors (Lipinski definition) is 0. The molecule has 298 valence electrons. The Morgan fingerprint density at radius 1 is 0.689 bits per heavy atom. The van der Waals surface area contributed by atoms with Crippen LogP contribution in [0.3, 0.4) is 0 Å². The molecule has 0 radical (unpaired) electrons. The Kier molecular flexibility index (Phi) is 8.62. The van der Waals surface area contributed by atoms with Crippen LogP contribution in [0.1, 0.15) is 48.6 Å². The van der Waals surface area contributed by atoms with Crippen LogP contribution in [0.5, 0.6) is 11.5 Å². The summed E-state index contributed by atoms with van der Waals surface area (Å²) in [5, 5.41) is 2.23. The third-order valence-electron chi connectivity index (χ3n) is 12.4. The SMILES string of the molecule is C[n+]1[c-]n2c3c(cccc31)C1(c3ccc(Oc4[c-]c5c(cc4)c4ccccc4n5-c4ccccn4)[c-]c3-2)c2cc(C(C)(C)C)ccc2Sc2cccc(-c3ccccc3)c21.[Pt]. The number of imidazole rings is 1. The summed E-state index contributed by atoms with van der Waals surface area (Å²) in [6.45, 7) is 6.91. The van der Waals surface area contributed by atoms with E-state index in [0.717, 1.165) is 49.9 Å². The smallest absolute Gasteiger partial charge is 0.242 e. The summed E-state index contributed by atoms with van der Waals surface area (Å²) < 4.78 is 13.3. The molecule has 61 heavy (non-hydrogen) atoms. The molecule has 0 bridgehead atoms. The summed E-state index contributed by atoms with van der Waals surface area (Å²) in [5.74, 6) is 2.03. The minimum atomic E-state index is -0.697. The van der Waals surface area contributed by atoms with Gasteiger partial charge in [0.1, 0.15) is 5.82 Å². The van der Waals surface area contributed by atoms with Crippen molar-refractivity contribution in [3.05, 3.63) is 204 Å². The van der Waals surface area contributed by atoms with E-state index in [1.54, 1.807) is 0 Å². The van der Waals surface area contributed by atoms with Crippen LogP contribution in [0.25, 0.3) is 55.5 Å². The summed E-state index contributed by atoms with van der Waals surface area (Å²) in [7, 11) is 2.08. The van der Waals surface area contributed by atoms with Crippen LogP contribution in [0, 0.1) is 18.5 Å². The topological polar surface area (TPSA) is 35.9 Å². The molecule has 0 aliphatic carbocycles. The predicted molar refractivity (Wildman–Crippen MR) is 240 cm³/mol. The van der Waals surface area contributed by atoms with Gasteiger partial charge in [-0.3, -0.25) is 0 Å². The van der Waals surface area contributed by atoms with Crippen LogP contribution in [0.15, 0.2) is 168 Å². The number of aromatic nitrogens is 4. The molecule has 0 saturated carbocycles. The Morgan fingerprint density at radius 2 is 1.48 bits per heavy atom. The van der Waals surface area contributed by atoms with E-state index in [4.69, 9.17) is 9.72 Å². The number of aryl methyl sites for hydroxylation is 1. The molecule has 0 amide bonds. The van der Waals surface area contributed by atoms with Gasteiger partial charge in [0.25, 0.3) is 0 Å². The first kappa shape index (κ1) is 37.8. The van der Waals surface area contributed by atoms with Crippen molar-refractivity contribution in [1.82, 2.24) is 14.1 Å². The van der Waals surface area contributed by atoms with Crippen LogP contribution in [0.2, 0.25) is 0 Å². The van der Waals surface area contributed by atoms with E-state index in [1.165, 1.54) is 43.2 Å². The van der Waals surface area contributed by atoms with E-state index in [1.807, 2.05) is 42.2 Å². The van der Waals surface area contributed by atoms with Gasteiger partial charge in [-0.15, -0.1) is 35.2 Å². The molecule has 2 aliphatic heterocycles. The van der Waals surface area contributed by atoms with E-state index in [-0.39, 0.29) is 26.5 Å². The van der Waals surface area contributed by atoms with E-state index < -0.39 is 5.41 Å². The summed E-state index contributed by atoms with van der Waals surface area (Å²) >= 11 is 1.87. The van der Waals surface area contributed by atoms with E-state index in [9.17, 15) is 0 Å². The number of benzene rings is 7. The molecule has 5 heterocycles. The Balaban J connectivity index is 0.00000420. The number of para-hydroxylation sites is 2. The molecule has 0 fully saturated rings. The van der Waals surface area contributed by atoms with Gasteiger partial charge in [0.05, 0.1) is 18.1 Å². The summed E-state index contributed by atoms with van der Waals surface area (Å²) in [6, 6.07) is 61.9. The van der Waals surface area contributed by atoms with Crippen molar-refractivity contribution in [2.45, 2.75) is 41.4 Å². The number of nitrogens with zero attached hydrogens (tertiary/aromatic N) is 4. The molecular weight excluding hydrogens is 948 g/mol. The van der Waals surface area contributed by atoms with Gasteiger partial charge >= 0.3 is 0 Å². The van der Waals surface area contributed by atoms with Crippen LogP contribution in [-0.4, -0.2) is 14.1 Å². The summed E-state index contributed by atoms with van der Waals surface area (Å²) in [6.07, 6.45) is 5.51. The fraction of sp³-hybridized carbons (Fsp3) is 0.111. The van der Waals surface area contributed by atoms with Gasteiger partial charge in [0, 0.05) is 59.5 Å². The van der Waals surface area contributed by atoms with Gasteiger partial charge in [0.15, 0.2) is 0 Å². The Bertz CT molecular complexity index is 3380. The van der Waals surface area contributed by atoms with Crippen molar-refractivity contribution in [1.29, 1.82) is 0 Å². The zero-order chi connectivity index (χ0) is 40.3. The minimum absolute atomic E-state index is 0. The van der Waals surface area contributed by atoms with E-state index in [0.29, 0.717) is 11.5 Å². The number of ether oxygens (including phenoxy) is 1. The predicted octanol–water partition coefficient (Wildman–Crippen LogP) is 12.3. The van der Waals surface area contributed by atoms with Crippen molar-refractivity contribution in [3.63, 3.8) is 0 Å². The molecule has 5 nitrogen and oxygen atoms in total. The molecule has 3 aromatic heterocycles. The summed E-state index contributed by atoms with van der Waals surface area (Å²) in [4.78, 5) is 7.23. The molecule has 1 spiro atoms. The quantitative estimate of drug-likeness (QED) is 0.130. The van der Waals surface area contributed by atoms with Crippen LogP contribution in [-0.2, 0) is 38.9 Å². The second-order valence-electron chi connectivity index (χ2n) is 16.8. The molecule has 7 heteroatoms. The van der Waals surface area contributed by atoms with Gasteiger partial charge in [-0.2, -0.15) is 12.1 Å².